The summed E-state index contributed by atoms with van der Waals surface area (Å²) in [7, 11) is 0. The number of carbonyl (C=O) groups excluding carboxylic acids is 2. The molecule has 1 aliphatic heterocycles. The number of aryl methyl sites for hydroxylation is 1. The first-order chi connectivity index (χ1) is 13.6. The fraction of sp³-hybridized carbons (Fsp3) is 0.714. The monoisotopic (exact) mass is 388 g/mol. The molecule has 1 saturated heterocycles. The lowest BCUT2D eigenvalue weighted by Gasteiger charge is -2.35. The average molecular weight is 389 g/mol. The molecule has 0 bridgehead atoms. The molecule has 2 aliphatic rings. The Morgan fingerprint density at radius 3 is 2.71 bits per heavy atom. The van der Waals surface area contributed by atoms with Gasteiger partial charge in [0.25, 0.3) is 0 Å². The van der Waals surface area contributed by atoms with Crippen LogP contribution in [0.1, 0.15) is 51.3 Å². The second kappa shape index (κ2) is 9.34. The minimum Gasteiger partial charge on any atom is -0.466 e. The van der Waals surface area contributed by atoms with Gasteiger partial charge in [0.2, 0.25) is 11.9 Å². The molecule has 0 spiro atoms. The van der Waals surface area contributed by atoms with E-state index in [-0.39, 0.29) is 23.7 Å². The van der Waals surface area contributed by atoms with Gasteiger partial charge >= 0.3 is 5.97 Å². The highest BCUT2D eigenvalue weighted by molar-refractivity contribution is 5.81. The molecule has 1 amide bonds. The van der Waals surface area contributed by atoms with Crippen LogP contribution in [-0.4, -0.2) is 59.5 Å². The molecular weight excluding hydrogens is 356 g/mol. The van der Waals surface area contributed by atoms with E-state index in [9.17, 15) is 9.59 Å². The van der Waals surface area contributed by atoms with Gasteiger partial charge in [-0.1, -0.05) is 0 Å². The number of esters is 1. The molecule has 3 rings (SSSR count). The first kappa shape index (κ1) is 20.6. The van der Waals surface area contributed by atoms with Crippen LogP contribution < -0.4 is 4.90 Å². The van der Waals surface area contributed by atoms with Crippen LogP contribution in [0.4, 0.5) is 5.95 Å². The van der Waals surface area contributed by atoms with Crippen molar-refractivity contribution in [1.29, 1.82) is 0 Å². The summed E-state index contributed by atoms with van der Waals surface area (Å²) in [6.07, 6.45) is 5.85. The van der Waals surface area contributed by atoms with Gasteiger partial charge < -0.3 is 14.5 Å². The zero-order chi connectivity index (χ0) is 20.1. The third-order valence-corrected chi connectivity index (χ3v) is 5.89. The highest BCUT2D eigenvalue weighted by Crippen LogP contribution is 2.28. The smallest absolute Gasteiger partial charge is 0.310 e. The van der Waals surface area contributed by atoms with E-state index in [1.807, 2.05) is 18.0 Å². The summed E-state index contributed by atoms with van der Waals surface area (Å²) in [4.78, 5) is 38.4. The molecule has 0 radical (unpaired) electrons. The maximum absolute atomic E-state index is 13.1. The number of rotatable bonds is 6. The number of amides is 1. The van der Waals surface area contributed by atoms with Gasteiger partial charge in [-0.05, 0) is 58.4 Å². The number of hydrogen-bond acceptors (Lipinski definition) is 6. The number of nitrogens with zero attached hydrogens (tertiary/aromatic N) is 4. The first-order valence-electron chi connectivity index (χ1n) is 10.6. The van der Waals surface area contributed by atoms with Gasteiger partial charge in [0.1, 0.15) is 0 Å². The molecule has 1 aromatic rings. The summed E-state index contributed by atoms with van der Waals surface area (Å²) in [6, 6.07) is 0. The number of anilines is 1. The molecule has 1 aliphatic carbocycles. The van der Waals surface area contributed by atoms with E-state index in [2.05, 4.69) is 23.7 Å². The predicted molar refractivity (Wildman–Crippen MR) is 107 cm³/mol. The molecule has 28 heavy (non-hydrogen) atoms. The summed E-state index contributed by atoms with van der Waals surface area (Å²) in [6.45, 7) is 9.38. The van der Waals surface area contributed by atoms with Gasteiger partial charge in [-0.25, -0.2) is 9.97 Å². The van der Waals surface area contributed by atoms with E-state index < -0.39 is 0 Å². The summed E-state index contributed by atoms with van der Waals surface area (Å²) in [5.41, 5.74) is 2.16. The van der Waals surface area contributed by atoms with Crippen molar-refractivity contribution in [1.82, 2.24) is 14.9 Å². The van der Waals surface area contributed by atoms with Gasteiger partial charge in [0, 0.05) is 44.0 Å². The molecule has 154 valence electrons. The van der Waals surface area contributed by atoms with E-state index in [1.54, 1.807) is 0 Å². The van der Waals surface area contributed by atoms with Crippen LogP contribution in [0, 0.1) is 11.8 Å². The Labute approximate surface area is 167 Å². The Kier molecular flexibility index (Phi) is 6.86. The topological polar surface area (TPSA) is 75.6 Å². The van der Waals surface area contributed by atoms with Crippen molar-refractivity contribution in [3.05, 3.63) is 17.5 Å². The number of ether oxygens (including phenoxy) is 1. The number of piperidine rings is 1. The van der Waals surface area contributed by atoms with Crippen molar-refractivity contribution < 1.29 is 14.3 Å². The first-order valence-corrected chi connectivity index (χ1v) is 10.6. The SMILES string of the molecule is CCOC(=O)[C@@H]1CCCN(C(=O)[C@H]2CCc3nc(N(CC)CC)ncc3C2)C1. The van der Waals surface area contributed by atoms with Crippen molar-refractivity contribution in [2.45, 2.75) is 52.9 Å². The lowest BCUT2D eigenvalue weighted by Crippen LogP contribution is -2.46. The summed E-state index contributed by atoms with van der Waals surface area (Å²) >= 11 is 0. The molecule has 0 unspecified atom stereocenters. The minimum absolute atomic E-state index is 0.0450. The predicted octanol–water partition coefficient (Wildman–Crippen LogP) is 2.23. The van der Waals surface area contributed by atoms with Crippen LogP contribution in [0.15, 0.2) is 6.20 Å². The van der Waals surface area contributed by atoms with Crippen LogP contribution in [-0.2, 0) is 27.2 Å². The Hall–Kier alpha value is -2.18. The van der Waals surface area contributed by atoms with Gasteiger partial charge in [-0.3, -0.25) is 9.59 Å². The molecule has 7 nitrogen and oxygen atoms in total. The molecule has 7 heteroatoms. The number of likely N-dealkylation sites (tertiary alicyclic amines) is 1. The van der Waals surface area contributed by atoms with Crippen LogP contribution in [0.5, 0.6) is 0 Å². The van der Waals surface area contributed by atoms with E-state index >= 15 is 0 Å². The molecule has 2 heterocycles. The largest absolute Gasteiger partial charge is 0.466 e. The average Bonchev–Trinajstić information content (AvgIpc) is 2.74. The maximum Gasteiger partial charge on any atom is 0.310 e. The molecule has 0 aromatic carbocycles. The quantitative estimate of drug-likeness (QED) is 0.696. The van der Waals surface area contributed by atoms with Crippen LogP contribution in [0.3, 0.4) is 0 Å². The minimum atomic E-state index is -0.187. The number of fused-ring (bicyclic) bond motifs is 1. The molecule has 0 N–H and O–H groups in total. The zero-order valence-electron chi connectivity index (χ0n) is 17.3. The molecule has 1 fully saturated rings. The molecular formula is C21H32N4O3. The van der Waals surface area contributed by atoms with E-state index in [0.29, 0.717) is 19.6 Å². The highest BCUT2D eigenvalue weighted by atomic mass is 16.5. The molecule has 0 saturated carbocycles. The second-order valence-electron chi connectivity index (χ2n) is 7.63. The standard InChI is InChI=1S/C21H32N4O3/c1-4-24(5-2)21-22-13-17-12-15(9-10-18(17)23-21)19(26)25-11-7-8-16(14-25)20(27)28-6-3/h13,15-16H,4-12,14H2,1-3H3/t15-,16+/m0/s1. The fourth-order valence-electron chi connectivity index (χ4n) is 4.25. The van der Waals surface area contributed by atoms with Crippen molar-refractivity contribution in [2.24, 2.45) is 11.8 Å². The lowest BCUT2D eigenvalue weighted by molar-refractivity contribution is -0.152. The fourth-order valence-corrected chi connectivity index (χ4v) is 4.25. The number of hydrogen-bond donors (Lipinski definition) is 0. The summed E-state index contributed by atoms with van der Waals surface area (Å²) < 4.78 is 5.15. The van der Waals surface area contributed by atoms with Crippen LogP contribution in [0.25, 0.3) is 0 Å². The van der Waals surface area contributed by atoms with Crippen molar-refractivity contribution in [3.63, 3.8) is 0 Å². The van der Waals surface area contributed by atoms with Gasteiger partial charge in [-0.15, -0.1) is 0 Å². The third-order valence-electron chi connectivity index (χ3n) is 5.89. The van der Waals surface area contributed by atoms with Crippen molar-refractivity contribution in [3.8, 4) is 0 Å². The van der Waals surface area contributed by atoms with E-state index in [0.717, 1.165) is 62.5 Å². The lowest BCUT2D eigenvalue weighted by atomic mass is 9.85. The zero-order valence-corrected chi connectivity index (χ0v) is 17.3. The number of carbonyl (C=O) groups is 2. The molecule has 1 aromatic heterocycles. The summed E-state index contributed by atoms with van der Waals surface area (Å²) in [5, 5.41) is 0. The van der Waals surface area contributed by atoms with Crippen molar-refractivity contribution >= 4 is 17.8 Å². The van der Waals surface area contributed by atoms with Gasteiger partial charge in [0.05, 0.1) is 12.5 Å². The Balaban J connectivity index is 1.64. The highest BCUT2D eigenvalue weighted by Gasteiger charge is 2.34. The van der Waals surface area contributed by atoms with Gasteiger partial charge in [-0.2, -0.15) is 0 Å². The maximum atomic E-state index is 13.1. The normalized spacial score (nSPS) is 21.8. The van der Waals surface area contributed by atoms with E-state index in [4.69, 9.17) is 9.72 Å². The second-order valence-corrected chi connectivity index (χ2v) is 7.63. The molecule has 2 atom stereocenters. The third kappa shape index (κ3) is 4.45. The Bertz CT molecular complexity index is 705. The Morgan fingerprint density at radius 1 is 1.21 bits per heavy atom. The van der Waals surface area contributed by atoms with Crippen LogP contribution >= 0.6 is 0 Å². The van der Waals surface area contributed by atoms with Crippen LogP contribution in [0.2, 0.25) is 0 Å². The number of aromatic nitrogens is 2. The van der Waals surface area contributed by atoms with E-state index in [1.165, 1.54) is 0 Å². The van der Waals surface area contributed by atoms with Gasteiger partial charge in [0.15, 0.2) is 0 Å². The van der Waals surface area contributed by atoms with Crippen molar-refractivity contribution in [2.75, 3.05) is 37.7 Å². The summed E-state index contributed by atoms with van der Waals surface area (Å²) in [5.74, 6) is 0.533. The Morgan fingerprint density at radius 2 is 2.00 bits per heavy atom.